The molecule has 1 rings (SSSR count). The summed E-state index contributed by atoms with van der Waals surface area (Å²) < 4.78 is 40.9. The molecule has 0 heterocycles. The van der Waals surface area contributed by atoms with Gasteiger partial charge in [-0.15, -0.1) is 0 Å². The lowest BCUT2D eigenvalue weighted by molar-refractivity contribution is 0.0637. The van der Waals surface area contributed by atoms with Crippen molar-refractivity contribution in [3.63, 3.8) is 0 Å². The summed E-state index contributed by atoms with van der Waals surface area (Å²) >= 11 is 0. The molecule has 0 aliphatic carbocycles. The van der Waals surface area contributed by atoms with Crippen molar-refractivity contribution in [1.29, 1.82) is 0 Å². The Bertz CT molecular complexity index is 533. The number of hydrogen-bond acceptors (Lipinski definition) is 1. The van der Waals surface area contributed by atoms with Gasteiger partial charge in [-0.1, -0.05) is 19.1 Å². The summed E-state index contributed by atoms with van der Waals surface area (Å²) in [6.45, 7) is 7.74. The SMILES string of the molecule is CCC(C)/N=C(\C=C(/C)C(C)(F)F)c1c(C)cccc1F. The van der Waals surface area contributed by atoms with E-state index in [-0.39, 0.29) is 17.3 Å². The first-order valence-electron chi connectivity index (χ1n) is 7.06. The fourth-order valence-electron chi connectivity index (χ4n) is 1.79. The molecule has 0 aliphatic heterocycles. The highest BCUT2D eigenvalue weighted by molar-refractivity contribution is 6.10. The number of alkyl halides is 2. The third-order valence-corrected chi connectivity index (χ3v) is 3.47. The second-order valence-electron chi connectivity index (χ2n) is 5.42. The maximum Gasteiger partial charge on any atom is 0.266 e. The number of allylic oxidation sites excluding steroid dienone is 2. The Kier molecular flexibility index (Phi) is 5.76. The first kappa shape index (κ1) is 17.5. The highest BCUT2D eigenvalue weighted by Crippen LogP contribution is 2.24. The normalized spacial score (nSPS) is 15.2. The van der Waals surface area contributed by atoms with Crippen LogP contribution in [0, 0.1) is 12.7 Å². The van der Waals surface area contributed by atoms with Gasteiger partial charge in [0.25, 0.3) is 5.92 Å². The van der Waals surface area contributed by atoms with Crippen molar-refractivity contribution < 1.29 is 13.2 Å². The maximum absolute atomic E-state index is 14.1. The summed E-state index contributed by atoms with van der Waals surface area (Å²) in [5.74, 6) is -3.39. The summed E-state index contributed by atoms with van der Waals surface area (Å²) in [4.78, 5) is 4.41. The third kappa shape index (κ3) is 4.73. The summed E-state index contributed by atoms with van der Waals surface area (Å²) in [6, 6.07) is 4.60. The molecule has 0 aromatic heterocycles. The molecule has 0 N–H and O–H groups in total. The van der Waals surface area contributed by atoms with Crippen LogP contribution in [0.5, 0.6) is 0 Å². The first-order valence-corrected chi connectivity index (χ1v) is 7.06. The molecular formula is C17H22F3N. The van der Waals surface area contributed by atoms with Crippen molar-refractivity contribution in [2.45, 2.75) is 53.0 Å². The van der Waals surface area contributed by atoms with Gasteiger partial charge in [-0.2, -0.15) is 0 Å². The largest absolute Gasteiger partial charge is 0.282 e. The standard InChI is InChI=1S/C17H22F3N/c1-6-13(4)21-15(10-12(3)17(5,19)20)16-11(2)8-7-9-14(16)18/h7-10,13H,6H2,1-5H3/b12-10+,21-15+. The van der Waals surface area contributed by atoms with Crippen LogP contribution < -0.4 is 0 Å². The molecular weight excluding hydrogens is 275 g/mol. The zero-order chi connectivity index (χ0) is 16.2. The molecule has 1 atom stereocenters. The van der Waals surface area contributed by atoms with E-state index in [1.807, 2.05) is 13.8 Å². The fraction of sp³-hybridized carbons (Fsp3) is 0.471. The smallest absolute Gasteiger partial charge is 0.266 e. The highest BCUT2D eigenvalue weighted by atomic mass is 19.3. The molecule has 0 bridgehead atoms. The molecule has 4 heteroatoms. The zero-order valence-electron chi connectivity index (χ0n) is 13.2. The molecule has 0 fully saturated rings. The third-order valence-electron chi connectivity index (χ3n) is 3.47. The predicted octanol–water partition coefficient (Wildman–Crippen LogP) is 5.32. The predicted molar refractivity (Wildman–Crippen MR) is 81.8 cm³/mol. The molecule has 1 nitrogen and oxygen atoms in total. The maximum atomic E-state index is 14.1. The van der Waals surface area contributed by atoms with E-state index in [1.54, 1.807) is 19.1 Å². The monoisotopic (exact) mass is 297 g/mol. The Morgan fingerprint density at radius 1 is 1.38 bits per heavy atom. The average Bonchev–Trinajstić information content (AvgIpc) is 2.36. The molecule has 1 unspecified atom stereocenters. The van der Waals surface area contributed by atoms with Crippen LogP contribution in [0.1, 0.15) is 45.2 Å². The van der Waals surface area contributed by atoms with Crippen LogP contribution in [-0.2, 0) is 0 Å². The Hall–Kier alpha value is -1.58. The second kappa shape index (κ2) is 6.92. The molecule has 0 spiro atoms. The molecule has 0 amide bonds. The van der Waals surface area contributed by atoms with Gasteiger partial charge in [0.2, 0.25) is 0 Å². The Morgan fingerprint density at radius 2 is 2.00 bits per heavy atom. The summed E-state index contributed by atoms with van der Waals surface area (Å²) in [5.41, 5.74) is 1.12. The molecule has 1 aromatic carbocycles. The van der Waals surface area contributed by atoms with Crippen molar-refractivity contribution in [2.75, 3.05) is 0 Å². The van der Waals surface area contributed by atoms with Crippen molar-refractivity contribution in [2.24, 2.45) is 4.99 Å². The summed E-state index contributed by atoms with van der Waals surface area (Å²) in [6.07, 6.45) is 2.05. The average molecular weight is 297 g/mol. The lowest BCUT2D eigenvalue weighted by Gasteiger charge is -2.15. The second-order valence-corrected chi connectivity index (χ2v) is 5.42. The van der Waals surface area contributed by atoms with Crippen molar-refractivity contribution in [1.82, 2.24) is 0 Å². The van der Waals surface area contributed by atoms with Crippen LogP contribution >= 0.6 is 0 Å². The van der Waals surface area contributed by atoms with Gasteiger partial charge in [0.05, 0.1) is 5.71 Å². The van der Waals surface area contributed by atoms with Crippen molar-refractivity contribution >= 4 is 5.71 Å². The van der Waals surface area contributed by atoms with Gasteiger partial charge in [0.15, 0.2) is 0 Å². The van der Waals surface area contributed by atoms with Gasteiger partial charge < -0.3 is 0 Å². The van der Waals surface area contributed by atoms with E-state index in [1.165, 1.54) is 19.1 Å². The Balaban J connectivity index is 3.45. The van der Waals surface area contributed by atoms with E-state index in [4.69, 9.17) is 0 Å². The van der Waals surface area contributed by atoms with Crippen LogP contribution in [0.4, 0.5) is 13.2 Å². The van der Waals surface area contributed by atoms with E-state index >= 15 is 0 Å². The number of aliphatic imine (C=N–C) groups is 1. The Labute approximate surface area is 124 Å². The molecule has 0 aliphatic rings. The van der Waals surface area contributed by atoms with Crippen LogP contribution in [0.2, 0.25) is 0 Å². The van der Waals surface area contributed by atoms with E-state index in [0.717, 1.165) is 13.3 Å². The molecule has 116 valence electrons. The topological polar surface area (TPSA) is 12.4 Å². The van der Waals surface area contributed by atoms with Crippen LogP contribution in [0.25, 0.3) is 0 Å². The van der Waals surface area contributed by atoms with Crippen LogP contribution in [0.15, 0.2) is 34.8 Å². The van der Waals surface area contributed by atoms with Crippen molar-refractivity contribution in [3.05, 3.63) is 46.8 Å². The van der Waals surface area contributed by atoms with E-state index in [0.29, 0.717) is 11.1 Å². The number of halogens is 3. The molecule has 0 saturated carbocycles. The van der Waals surface area contributed by atoms with E-state index in [2.05, 4.69) is 4.99 Å². The minimum atomic E-state index is -2.95. The van der Waals surface area contributed by atoms with Gasteiger partial charge in [-0.3, -0.25) is 4.99 Å². The van der Waals surface area contributed by atoms with E-state index in [9.17, 15) is 13.2 Å². The molecule has 1 aromatic rings. The van der Waals surface area contributed by atoms with Gasteiger partial charge in [0, 0.05) is 18.5 Å². The van der Waals surface area contributed by atoms with E-state index < -0.39 is 11.7 Å². The molecule has 21 heavy (non-hydrogen) atoms. The van der Waals surface area contributed by atoms with Crippen LogP contribution in [-0.4, -0.2) is 17.7 Å². The fourth-order valence-corrected chi connectivity index (χ4v) is 1.79. The van der Waals surface area contributed by atoms with Gasteiger partial charge in [0.1, 0.15) is 5.82 Å². The lowest BCUT2D eigenvalue weighted by atomic mass is 9.99. The van der Waals surface area contributed by atoms with Gasteiger partial charge in [-0.05, 0) is 50.5 Å². The number of hydrogen-bond donors (Lipinski definition) is 0. The van der Waals surface area contributed by atoms with Crippen LogP contribution in [0.3, 0.4) is 0 Å². The number of aryl methyl sites for hydroxylation is 1. The minimum absolute atomic E-state index is 0.0615. The van der Waals surface area contributed by atoms with Gasteiger partial charge in [-0.25, -0.2) is 13.2 Å². The lowest BCUT2D eigenvalue weighted by Crippen LogP contribution is -2.15. The number of benzene rings is 1. The Morgan fingerprint density at radius 3 is 2.48 bits per heavy atom. The van der Waals surface area contributed by atoms with Crippen molar-refractivity contribution in [3.8, 4) is 0 Å². The summed E-state index contributed by atoms with van der Waals surface area (Å²) in [7, 11) is 0. The molecule has 0 radical (unpaired) electrons. The number of nitrogens with zero attached hydrogens (tertiary/aromatic N) is 1. The molecule has 0 saturated heterocycles. The minimum Gasteiger partial charge on any atom is -0.282 e. The zero-order valence-corrected chi connectivity index (χ0v) is 13.2. The summed E-state index contributed by atoms with van der Waals surface area (Å²) in [5, 5.41) is 0. The number of rotatable bonds is 5. The van der Waals surface area contributed by atoms with Gasteiger partial charge >= 0.3 is 0 Å². The highest BCUT2D eigenvalue weighted by Gasteiger charge is 2.25. The quantitative estimate of drug-likeness (QED) is 0.652. The first-order chi connectivity index (χ1) is 9.66.